The lowest BCUT2D eigenvalue weighted by Gasteiger charge is -2.24. The van der Waals surface area contributed by atoms with Crippen LogP contribution in [0.15, 0.2) is 65.6 Å². The van der Waals surface area contributed by atoms with Gasteiger partial charge in [-0.3, -0.25) is 14.9 Å². The molecule has 8 nitrogen and oxygen atoms in total. The van der Waals surface area contributed by atoms with Crippen molar-refractivity contribution in [3.8, 4) is 0 Å². The summed E-state index contributed by atoms with van der Waals surface area (Å²) in [6, 6.07) is 16.8. The third-order valence-electron chi connectivity index (χ3n) is 5.43. The van der Waals surface area contributed by atoms with Gasteiger partial charge in [-0.15, -0.1) is 0 Å². The van der Waals surface area contributed by atoms with Gasteiger partial charge in [0.15, 0.2) is 0 Å². The van der Waals surface area contributed by atoms with Crippen LogP contribution in [0.5, 0.6) is 0 Å². The van der Waals surface area contributed by atoms with E-state index >= 15 is 0 Å². The predicted molar refractivity (Wildman–Crippen MR) is 131 cm³/mol. The number of sulfonamides is 1. The summed E-state index contributed by atoms with van der Waals surface area (Å²) in [6.45, 7) is 6.62. The molecule has 0 atom stereocenters. The fraction of sp³-hybridized carbons (Fsp3) is 0.240. The number of aryl methyl sites for hydroxylation is 4. The third kappa shape index (κ3) is 5.67. The van der Waals surface area contributed by atoms with Crippen LogP contribution >= 0.6 is 0 Å². The Morgan fingerprint density at radius 3 is 2.15 bits per heavy atom. The van der Waals surface area contributed by atoms with Gasteiger partial charge in [-0.1, -0.05) is 54.1 Å². The molecule has 3 aromatic carbocycles. The molecule has 1 N–H and O–H groups in total. The van der Waals surface area contributed by atoms with Crippen molar-refractivity contribution in [2.75, 3.05) is 11.9 Å². The smallest absolute Gasteiger partial charge is 0.271 e. The maximum atomic E-state index is 13.7. The molecule has 3 aromatic rings. The molecule has 0 aliphatic rings. The largest absolute Gasteiger partial charge is 0.324 e. The monoisotopic (exact) mass is 481 g/mol. The van der Waals surface area contributed by atoms with Gasteiger partial charge in [0.05, 0.1) is 22.1 Å². The molecule has 0 heterocycles. The molecular formula is C25H27N3O5S. The highest BCUT2D eigenvalue weighted by Gasteiger charge is 2.30. The summed E-state index contributed by atoms with van der Waals surface area (Å²) < 4.78 is 28.6. The summed E-state index contributed by atoms with van der Waals surface area (Å²) >= 11 is 0. The summed E-state index contributed by atoms with van der Waals surface area (Å²) in [5, 5.41) is 13.7. The van der Waals surface area contributed by atoms with Crippen LogP contribution in [0, 0.1) is 37.8 Å². The lowest BCUT2D eigenvalue weighted by molar-refractivity contribution is -0.384. The van der Waals surface area contributed by atoms with Crippen LogP contribution in [0.2, 0.25) is 0 Å². The standard InChI is InChI=1S/C25H27N3O5S/c1-17-12-19(3)25(20(4)13-17)34(32,33)27(15-21-8-6-5-7-9-21)16-24(29)26-23-14-22(28(30)31)11-10-18(23)2/h5-14H,15-16H2,1-4H3,(H,26,29). The average Bonchev–Trinajstić information content (AvgIpc) is 2.74. The van der Waals surface area contributed by atoms with Gasteiger partial charge < -0.3 is 5.32 Å². The van der Waals surface area contributed by atoms with Crippen LogP contribution < -0.4 is 5.32 Å². The summed E-state index contributed by atoms with van der Waals surface area (Å²) in [7, 11) is -4.03. The first kappa shape index (κ1) is 25.1. The highest BCUT2D eigenvalue weighted by Crippen LogP contribution is 2.27. The Hall–Kier alpha value is -3.56. The fourth-order valence-electron chi connectivity index (χ4n) is 3.92. The Bertz CT molecular complexity index is 1310. The number of nitrogens with zero attached hydrogens (tertiary/aromatic N) is 2. The molecule has 34 heavy (non-hydrogen) atoms. The van der Waals surface area contributed by atoms with E-state index in [0.717, 1.165) is 15.4 Å². The fourth-order valence-corrected chi connectivity index (χ4v) is 5.72. The number of anilines is 1. The van der Waals surface area contributed by atoms with Gasteiger partial charge in [0.2, 0.25) is 15.9 Å². The van der Waals surface area contributed by atoms with Gasteiger partial charge in [-0.25, -0.2) is 8.42 Å². The molecule has 3 rings (SSSR count). The minimum absolute atomic E-state index is 0.00271. The van der Waals surface area contributed by atoms with E-state index in [1.54, 1.807) is 57.2 Å². The maximum absolute atomic E-state index is 13.7. The lowest BCUT2D eigenvalue weighted by Crippen LogP contribution is -2.38. The quantitative estimate of drug-likeness (QED) is 0.372. The second-order valence-electron chi connectivity index (χ2n) is 8.29. The number of nitro benzene ring substituents is 1. The zero-order valence-electron chi connectivity index (χ0n) is 19.5. The van der Waals surface area contributed by atoms with Gasteiger partial charge in [-0.2, -0.15) is 4.31 Å². The first-order valence-corrected chi connectivity index (χ1v) is 12.1. The SMILES string of the molecule is Cc1cc(C)c(S(=O)(=O)N(CC(=O)Nc2cc([N+](=O)[O-])ccc2C)Cc2ccccc2)c(C)c1. The van der Waals surface area contributed by atoms with Crippen molar-refractivity contribution >= 4 is 27.3 Å². The maximum Gasteiger partial charge on any atom is 0.271 e. The second kappa shape index (κ2) is 10.1. The van der Waals surface area contributed by atoms with E-state index in [1.807, 2.05) is 13.0 Å². The average molecular weight is 482 g/mol. The van der Waals surface area contributed by atoms with Crippen LogP contribution in [-0.2, 0) is 21.4 Å². The number of benzene rings is 3. The molecule has 0 spiro atoms. The minimum Gasteiger partial charge on any atom is -0.324 e. The van der Waals surface area contributed by atoms with Crippen molar-refractivity contribution in [2.24, 2.45) is 0 Å². The van der Waals surface area contributed by atoms with E-state index in [2.05, 4.69) is 5.32 Å². The zero-order chi connectivity index (χ0) is 25.0. The van der Waals surface area contributed by atoms with E-state index in [0.29, 0.717) is 16.7 Å². The van der Waals surface area contributed by atoms with Crippen molar-refractivity contribution in [2.45, 2.75) is 39.1 Å². The molecular weight excluding hydrogens is 454 g/mol. The Kier molecular flexibility index (Phi) is 7.48. The van der Waals surface area contributed by atoms with Gasteiger partial charge in [-0.05, 0) is 49.9 Å². The number of carbonyl (C=O) groups is 1. The highest BCUT2D eigenvalue weighted by molar-refractivity contribution is 7.89. The first-order valence-electron chi connectivity index (χ1n) is 10.7. The number of non-ortho nitro benzene ring substituents is 1. The summed E-state index contributed by atoms with van der Waals surface area (Å²) in [5.41, 5.74) is 3.60. The molecule has 0 fully saturated rings. The van der Waals surface area contributed by atoms with Crippen molar-refractivity contribution < 1.29 is 18.1 Å². The molecule has 9 heteroatoms. The Morgan fingerprint density at radius 1 is 0.941 bits per heavy atom. The van der Waals surface area contributed by atoms with Gasteiger partial charge in [0.25, 0.3) is 5.69 Å². The Balaban J connectivity index is 1.97. The zero-order valence-corrected chi connectivity index (χ0v) is 20.3. The van der Waals surface area contributed by atoms with Crippen molar-refractivity contribution in [3.05, 3.63) is 98.6 Å². The third-order valence-corrected chi connectivity index (χ3v) is 7.53. The molecule has 0 saturated heterocycles. The number of nitrogens with one attached hydrogen (secondary N) is 1. The van der Waals surface area contributed by atoms with E-state index in [9.17, 15) is 23.3 Å². The summed E-state index contributed by atoms with van der Waals surface area (Å²) in [5.74, 6) is -0.592. The summed E-state index contributed by atoms with van der Waals surface area (Å²) in [4.78, 5) is 23.7. The van der Waals surface area contributed by atoms with Gasteiger partial charge >= 0.3 is 0 Å². The predicted octanol–water partition coefficient (Wildman–Crippen LogP) is 4.66. The van der Waals surface area contributed by atoms with E-state index in [-0.39, 0.29) is 22.8 Å². The number of hydrogen-bond donors (Lipinski definition) is 1. The molecule has 0 unspecified atom stereocenters. The number of hydrogen-bond acceptors (Lipinski definition) is 5. The Labute approximate surface area is 199 Å². The van der Waals surface area contributed by atoms with Gasteiger partial charge in [0, 0.05) is 18.7 Å². The van der Waals surface area contributed by atoms with Crippen LogP contribution in [0.3, 0.4) is 0 Å². The molecule has 1 amide bonds. The molecule has 0 aromatic heterocycles. The number of amides is 1. The van der Waals surface area contributed by atoms with Crippen LogP contribution in [0.1, 0.15) is 27.8 Å². The number of nitro groups is 1. The van der Waals surface area contributed by atoms with Crippen LogP contribution in [-0.4, -0.2) is 30.1 Å². The number of rotatable bonds is 8. The van der Waals surface area contributed by atoms with Gasteiger partial charge in [0.1, 0.15) is 0 Å². The molecule has 0 aliphatic heterocycles. The summed E-state index contributed by atoms with van der Waals surface area (Å²) in [6.07, 6.45) is 0. The Morgan fingerprint density at radius 2 is 1.56 bits per heavy atom. The molecule has 0 aliphatic carbocycles. The van der Waals surface area contributed by atoms with Crippen LogP contribution in [0.4, 0.5) is 11.4 Å². The van der Waals surface area contributed by atoms with Crippen molar-refractivity contribution in [1.82, 2.24) is 4.31 Å². The minimum atomic E-state index is -4.03. The molecule has 0 bridgehead atoms. The second-order valence-corrected chi connectivity index (χ2v) is 10.2. The topological polar surface area (TPSA) is 110 Å². The van der Waals surface area contributed by atoms with Crippen molar-refractivity contribution in [3.63, 3.8) is 0 Å². The van der Waals surface area contributed by atoms with E-state index in [4.69, 9.17) is 0 Å². The van der Waals surface area contributed by atoms with E-state index in [1.165, 1.54) is 18.2 Å². The van der Waals surface area contributed by atoms with Crippen LogP contribution in [0.25, 0.3) is 0 Å². The first-order chi connectivity index (χ1) is 16.0. The normalized spacial score (nSPS) is 11.4. The van der Waals surface area contributed by atoms with E-state index < -0.39 is 27.4 Å². The molecule has 0 saturated carbocycles. The lowest BCUT2D eigenvalue weighted by atomic mass is 10.1. The highest BCUT2D eigenvalue weighted by atomic mass is 32.2. The van der Waals surface area contributed by atoms with Crippen molar-refractivity contribution in [1.29, 1.82) is 0 Å². The number of carbonyl (C=O) groups excluding carboxylic acids is 1. The molecule has 178 valence electrons. The molecule has 0 radical (unpaired) electrons.